The predicted molar refractivity (Wildman–Crippen MR) is 81.8 cm³/mol. The van der Waals surface area contributed by atoms with Gasteiger partial charge in [-0.25, -0.2) is 8.42 Å². The van der Waals surface area contributed by atoms with Gasteiger partial charge in [0.25, 0.3) is 0 Å². The van der Waals surface area contributed by atoms with Gasteiger partial charge in [0.2, 0.25) is 9.05 Å². The van der Waals surface area contributed by atoms with Gasteiger partial charge in [0, 0.05) is 10.7 Å². The molecule has 2 rings (SSSR count). The Labute approximate surface area is 123 Å². The highest BCUT2D eigenvalue weighted by Crippen LogP contribution is 2.22. The van der Waals surface area contributed by atoms with Gasteiger partial charge in [-0.1, -0.05) is 36.4 Å². The Kier molecular flexibility index (Phi) is 4.68. The zero-order valence-electron chi connectivity index (χ0n) is 11.0. The Balaban J connectivity index is 2.10. The van der Waals surface area contributed by atoms with Gasteiger partial charge in [-0.2, -0.15) is 0 Å². The van der Waals surface area contributed by atoms with Crippen molar-refractivity contribution in [3.8, 4) is 16.9 Å². The van der Waals surface area contributed by atoms with E-state index < -0.39 is 9.05 Å². The highest BCUT2D eigenvalue weighted by atomic mass is 35.7. The molecule has 0 aliphatic rings. The second-order valence-electron chi connectivity index (χ2n) is 4.42. The smallest absolute Gasteiger partial charge is 0.232 e. The van der Waals surface area contributed by atoms with Crippen LogP contribution in [0, 0.1) is 0 Å². The van der Waals surface area contributed by atoms with E-state index in [9.17, 15) is 8.42 Å². The molecule has 0 fully saturated rings. The normalized spacial score (nSPS) is 11.3. The third kappa shape index (κ3) is 4.25. The molecule has 0 aliphatic carbocycles. The summed E-state index contributed by atoms with van der Waals surface area (Å²) in [5.74, 6) is 0.772. The van der Waals surface area contributed by atoms with E-state index in [1.54, 1.807) is 7.11 Å². The number of ether oxygens (including phenoxy) is 1. The SMILES string of the molecule is COc1ccc(-c2ccc(CCS(=O)(=O)Cl)cc2)cc1. The lowest BCUT2D eigenvalue weighted by Gasteiger charge is -2.05. The average Bonchev–Trinajstić information content (AvgIpc) is 2.45. The Bertz CT molecular complexity index is 661. The van der Waals surface area contributed by atoms with Crippen molar-refractivity contribution in [2.45, 2.75) is 6.42 Å². The third-order valence-electron chi connectivity index (χ3n) is 3.01. The van der Waals surface area contributed by atoms with Crippen molar-refractivity contribution in [3.05, 3.63) is 54.1 Å². The zero-order valence-corrected chi connectivity index (χ0v) is 12.6. The van der Waals surface area contributed by atoms with Gasteiger partial charge in [0.15, 0.2) is 0 Å². The third-order valence-corrected chi connectivity index (χ3v) is 4.17. The Hall–Kier alpha value is -1.52. The van der Waals surface area contributed by atoms with Crippen LogP contribution in [-0.2, 0) is 15.5 Å². The first kappa shape index (κ1) is 14.9. The molecule has 0 radical (unpaired) electrons. The molecule has 106 valence electrons. The molecule has 2 aromatic carbocycles. The number of benzene rings is 2. The van der Waals surface area contributed by atoms with Crippen LogP contribution < -0.4 is 4.74 Å². The molecule has 0 bridgehead atoms. The van der Waals surface area contributed by atoms with Gasteiger partial charge in [-0.05, 0) is 35.2 Å². The van der Waals surface area contributed by atoms with E-state index in [0.29, 0.717) is 6.42 Å². The second-order valence-corrected chi connectivity index (χ2v) is 7.31. The summed E-state index contributed by atoms with van der Waals surface area (Å²) >= 11 is 0. The van der Waals surface area contributed by atoms with Crippen LogP contribution in [-0.4, -0.2) is 21.3 Å². The second kappa shape index (κ2) is 6.29. The molecule has 0 aliphatic heterocycles. The van der Waals surface area contributed by atoms with Crippen molar-refractivity contribution in [1.29, 1.82) is 0 Å². The molecule has 0 heterocycles. The predicted octanol–water partition coefficient (Wildman–Crippen LogP) is 3.47. The van der Waals surface area contributed by atoms with Crippen LogP contribution in [0.2, 0.25) is 0 Å². The summed E-state index contributed by atoms with van der Waals surface area (Å²) in [6.07, 6.45) is 0.425. The largest absolute Gasteiger partial charge is 0.497 e. The van der Waals surface area contributed by atoms with E-state index in [2.05, 4.69) is 0 Å². The monoisotopic (exact) mass is 310 g/mol. The Morgan fingerprint density at radius 1 is 0.950 bits per heavy atom. The molecule has 0 amide bonds. The number of rotatable bonds is 5. The first-order valence-corrected chi connectivity index (χ1v) is 8.61. The number of methoxy groups -OCH3 is 1. The van der Waals surface area contributed by atoms with Crippen LogP contribution in [0.5, 0.6) is 5.75 Å². The zero-order chi connectivity index (χ0) is 14.6. The average molecular weight is 311 g/mol. The summed E-state index contributed by atoms with van der Waals surface area (Å²) in [4.78, 5) is 0. The minimum atomic E-state index is -3.43. The van der Waals surface area contributed by atoms with Crippen molar-refractivity contribution in [3.63, 3.8) is 0 Å². The van der Waals surface area contributed by atoms with Crippen LogP contribution >= 0.6 is 10.7 Å². The molecule has 0 aromatic heterocycles. The molecule has 20 heavy (non-hydrogen) atoms. The molecule has 3 nitrogen and oxygen atoms in total. The van der Waals surface area contributed by atoms with E-state index in [-0.39, 0.29) is 5.75 Å². The van der Waals surface area contributed by atoms with Gasteiger partial charge in [0.05, 0.1) is 12.9 Å². The van der Waals surface area contributed by atoms with Gasteiger partial charge in [-0.15, -0.1) is 0 Å². The number of hydrogen-bond donors (Lipinski definition) is 0. The van der Waals surface area contributed by atoms with Crippen LogP contribution in [0.25, 0.3) is 11.1 Å². The van der Waals surface area contributed by atoms with Gasteiger partial charge in [-0.3, -0.25) is 0 Å². The lowest BCUT2D eigenvalue weighted by Crippen LogP contribution is -2.00. The van der Waals surface area contributed by atoms with Crippen LogP contribution in [0.4, 0.5) is 0 Å². The molecule has 5 heteroatoms. The van der Waals surface area contributed by atoms with Crippen molar-refractivity contribution in [2.75, 3.05) is 12.9 Å². The van der Waals surface area contributed by atoms with Gasteiger partial charge < -0.3 is 4.74 Å². The van der Waals surface area contributed by atoms with Crippen molar-refractivity contribution in [1.82, 2.24) is 0 Å². The molecule has 0 N–H and O–H groups in total. The van der Waals surface area contributed by atoms with Crippen molar-refractivity contribution >= 4 is 19.7 Å². The summed E-state index contributed by atoms with van der Waals surface area (Å²) in [7, 11) is 3.40. The molecule has 0 atom stereocenters. The summed E-state index contributed by atoms with van der Waals surface area (Å²) in [5, 5.41) is 0. The fraction of sp³-hybridized carbons (Fsp3) is 0.200. The molecular weight excluding hydrogens is 296 g/mol. The highest BCUT2D eigenvalue weighted by Gasteiger charge is 2.06. The molecule has 0 unspecified atom stereocenters. The summed E-state index contributed by atoms with van der Waals surface area (Å²) < 4.78 is 26.9. The quantitative estimate of drug-likeness (QED) is 0.794. The van der Waals surface area contributed by atoms with E-state index >= 15 is 0 Å². The summed E-state index contributed by atoms with van der Waals surface area (Å²) in [5.41, 5.74) is 3.11. The molecular formula is C15H15ClO3S. The molecule has 0 saturated carbocycles. The lowest BCUT2D eigenvalue weighted by atomic mass is 10.0. The fourth-order valence-corrected chi connectivity index (χ4v) is 2.60. The standard InChI is InChI=1S/C15H15ClO3S/c1-19-15-8-6-14(7-9-15)13-4-2-12(3-5-13)10-11-20(16,17)18/h2-9H,10-11H2,1H3. The first-order valence-electron chi connectivity index (χ1n) is 6.13. The topological polar surface area (TPSA) is 43.4 Å². The van der Waals surface area contributed by atoms with E-state index in [0.717, 1.165) is 22.4 Å². The number of halogens is 1. The van der Waals surface area contributed by atoms with E-state index in [4.69, 9.17) is 15.4 Å². The minimum Gasteiger partial charge on any atom is -0.497 e. The maximum atomic E-state index is 10.9. The van der Waals surface area contributed by atoms with E-state index in [1.165, 1.54) is 0 Å². The van der Waals surface area contributed by atoms with E-state index in [1.807, 2.05) is 48.5 Å². The maximum absolute atomic E-state index is 10.9. The highest BCUT2D eigenvalue weighted by molar-refractivity contribution is 8.13. The minimum absolute atomic E-state index is 0.0452. The summed E-state index contributed by atoms with van der Waals surface area (Å²) in [6.45, 7) is 0. The molecule has 0 spiro atoms. The molecule has 2 aromatic rings. The van der Waals surface area contributed by atoms with Crippen LogP contribution in [0.3, 0.4) is 0 Å². The Morgan fingerprint density at radius 2 is 1.45 bits per heavy atom. The van der Waals surface area contributed by atoms with Crippen LogP contribution in [0.1, 0.15) is 5.56 Å². The van der Waals surface area contributed by atoms with Gasteiger partial charge >= 0.3 is 0 Å². The fourth-order valence-electron chi connectivity index (χ4n) is 1.89. The number of hydrogen-bond acceptors (Lipinski definition) is 3. The van der Waals surface area contributed by atoms with Crippen molar-refractivity contribution in [2.24, 2.45) is 0 Å². The first-order chi connectivity index (χ1) is 9.48. The number of aryl methyl sites for hydroxylation is 1. The Morgan fingerprint density at radius 3 is 1.90 bits per heavy atom. The maximum Gasteiger partial charge on any atom is 0.232 e. The van der Waals surface area contributed by atoms with Gasteiger partial charge in [0.1, 0.15) is 5.75 Å². The summed E-state index contributed by atoms with van der Waals surface area (Å²) in [6, 6.07) is 15.6. The lowest BCUT2D eigenvalue weighted by molar-refractivity contribution is 0.415. The van der Waals surface area contributed by atoms with Crippen molar-refractivity contribution < 1.29 is 13.2 Å². The molecule has 0 saturated heterocycles. The van der Waals surface area contributed by atoms with Crippen LogP contribution in [0.15, 0.2) is 48.5 Å².